The zero-order chi connectivity index (χ0) is 13.5. The predicted molar refractivity (Wildman–Crippen MR) is 76.8 cm³/mol. The molecule has 18 heavy (non-hydrogen) atoms. The van der Waals surface area contributed by atoms with Crippen molar-refractivity contribution in [3.8, 4) is 11.5 Å². The molecule has 0 fully saturated rings. The number of benzene rings is 1. The fraction of sp³-hybridized carbons (Fsp3) is 0.571. The molecule has 0 aliphatic rings. The van der Waals surface area contributed by atoms with Crippen LogP contribution in [0, 0.1) is 0 Å². The van der Waals surface area contributed by atoms with Gasteiger partial charge in [-0.2, -0.15) is 0 Å². The van der Waals surface area contributed by atoms with E-state index in [1.54, 1.807) is 0 Å². The Morgan fingerprint density at radius 3 is 2.00 bits per heavy atom. The van der Waals surface area contributed by atoms with Gasteiger partial charge in [0.05, 0.1) is 24.6 Å². The van der Waals surface area contributed by atoms with E-state index < -0.39 is 0 Å². The number of hydrogen-bond acceptors (Lipinski definition) is 4. The summed E-state index contributed by atoms with van der Waals surface area (Å²) in [6.45, 7) is 11.2. The molecule has 0 radical (unpaired) electrons. The first-order valence-corrected chi connectivity index (χ1v) is 6.61. The van der Waals surface area contributed by atoms with E-state index in [9.17, 15) is 0 Å². The van der Waals surface area contributed by atoms with Gasteiger partial charge < -0.3 is 20.1 Å². The zero-order valence-corrected chi connectivity index (χ0v) is 11.8. The molecule has 0 atom stereocenters. The third-order valence-electron chi connectivity index (χ3n) is 2.80. The lowest BCUT2D eigenvalue weighted by Gasteiger charge is -2.25. The quantitative estimate of drug-likeness (QED) is 0.758. The maximum atomic E-state index is 5.97. The molecule has 0 unspecified atom stereocenters. The Morgan fingerprint density at radius 2 is 1.50 bits per heavy atom. The fourth-order valence-electron chi connectivity index (χ4n) is 1.93. The molecule has 4 nitrogen and oxygen atoms in total. The molecule has 102 valence electrons. The van der Waals surface area contributed by atoms with Crippen LogP contribution in [0.25, 0.3) is 0 Å². The molecule has 0 aliphatic carbocycles. The second kappa shape index (κ2) is 6.99. The van der Waals surface area contributed by atoms with Crippen LogP contribution in [-0.2, 0) is 0 Å². The summed E-state index contributed by atoms with van der Waals surface area (Å²) in [7, 11) is 0. The largest absolute Gasteiger partial charge is 0.492 e. The maximum Gasteiger partial charge on any atom is 0.144 e. The van der Waals surface area contributed by atoms with Crippen molar-refractivity contribution in [1.82, 2.24) is 0 Å². The van der Waals surface area contributed by atoms with Gasteiger partial charge in [-0.05, 0) is 27.7 Å². The highest BCUT2D eigenvalue weighted by molar-refractivity contribution is 5.70. The Bertz CT molecular complexity index is 376. The minimum atomic E-state index is 0.607. The number of ether oxygens (including phenoxy) is 2. The van der Waals surface area contributed by atoms with Crippen molar-refractivity contribution >= 4 is 11.4 Å². The molecule has 4 heteroatoms. The van der Waals surface area contributed by atoms with E-state index in [4.69, 9.17) is 15.2 Å². The average Bonchev–Trinajstić information content (AvgIpc) is 2.36. The Labute approximate surface area is 110 Å². The first-order valence-electron chi connectivity index (χ1n) is 6.61. The SMILES string of the molecule is CCOc1cc(N(CC)CC)c(OCC)cc1N. The van der Waals surface area contributed by atoms with Gasteiger partial charge in [-0.1, -0.05) is 0 Å². The summed E-state index contributed by atoms with van der Waals surface area (Å²) in [5, 5.41) is 0. The lowest BCUT2D eigenvalue weighted by atomic mass is 10.2. The number of rotatable bonds is 7. The van der Waals surface area contributed by atoms with Crippen molar-refractivity contribution < 1.29 is 9.47 Å². The Morgan fingerprint density at radius 1 is 0.944 bits per heavy atom. The fourth-order valence-corrected chi connectivity index (χ4v) is 1.93. The first-order chi connectivity index (χ1) is 8.67. The van der Waals surface area contributed by atoms with Crippen molar-refractivity contribution in [3.63, 3.8) is 0 Å². The van der Waals surface area contributed by atoms with Crippen LogP contribution in [0.2, 0.25) is 0 Å². The second-order valence-electron chi connectivity index (χ2n) is 3.90. The van der Waals surface area contributed by atoms with E-state index in [0.29, 0.717) is 18.9 Å². The van der Waals surface area contributed by atoms with E-state index >= 15 is 0 Å². The van der Waals surface area contributed by atoms with Crippen LogP contribution < -0.4 is 20.1 Å². The summed E-state index contributed by atoms with van der Waals surface area (Å²) in [6.07, 6.45) is 0. The topological polar surface area (TPSA) is 47.7 Å². The molecule has 1 aromatic rings. The molecule has 1 aromatic carbocycles. The van der Waals surface area contributed by atoms with Gasteiger partial charge in [0.25, 0.3) is 0 Å². The predicted octanol–water partition coefficient (Wildman–Crippen LogP) is 2.91. The third-order valence-corrected chi connectivity index (χ3v) is 2.80. The molecular weight excluding hydrogens is 228 g/mol. The summed E-state index contributed by atoms with van der Waals surface area (Å²) >= 11 is 0. The summed E-state index contributed by atoms with van der Waals surface area (Å²) in [5.74, 6) is 1.55. The third kappa shape index (κ3) is 3.22. The lowest BCUT2D eigenvalue weighted by molar-refractivity contribution is 0.332. The number of nitrogens with two attached hydrogens (primary N) is 1. The van der Waals surface area contributed by atoms with E-state index in [0.717, 1.165) is 30.3 Å². The number of nitrogens with zero attached hydrogens (tertiary/aromatic N) is 1. The molecule has 0 saturated heterocycles. The van der Waals surface area contributed by atoms with Crippen molar-refractivity contribution in [2.45, 2.75) is 27.7 Å². The highest BCUT2D eigenvalue weighted by Crippen LogP contribution is 2.37. The molecule has 0 spiro atoms. The van der Waals surface area contributed by atoms with Crippen molar-refractivity contribution in [2.24, 2.45) is 0 Å². The summed E-state index contributed by atoms with van der Waals surface area (Å²) < 4.78 is 11.2. The smallest absolute Gasteiger partial charge is 0.144 e. The first kappa shape index (κ1) is 14.5. The molecule has 0 aliphatic heterocycles. The number of hydrogen-bond donors (Lipinski definition) is 1. The van der Waals surface area contributed by atoms with Gasteiger partial charge in [-0.3, -0.25) is 0 Å². The zero-order valence-electron chi connectivity index (χ0n) is 11.8. The Kier molecular flexibility index (Phi) is 5.62. The van der Waals surface area contributed by atoms with Gasteiger partial charge in [0.15, 0.2) is 0 Å². The minimum Gasteiger partial charge on any atom is -0.492 e. The minimum absolute atomic E-state index is 0.607. The highest BCUT2D eigenvalue weighted by atomic mass is 16.5. The molecule has 2 N–H and O–H groups in total. The van der Waals surface area contributed by atoms with Crippen LogP contribution in [0.1, 0.15) is 27.7 Å². The van der Waals surface area contributed by atoms with Crippen LogP contribution in [0.3, 0.4) is 0 Å². The van der Waals surface area contributed by atoms with Crippen molar-refractivity contribution in [2.75, 3.05) is 36.9 Å². The van der Waals surface area contributed by atoms with Crippen molar-refractivity contribution in [1.29, 1.82) is 0 Å². The Hall–Kier alpha value is -1.58. The number of anilines is 2. The van der Waals surface area contributed by atoms with Crippen molar-refractivity contribution in [3.05, 3.63) is 12.1 Å². The standard InChI is InChI=1S/C14H24N2O2/c1-5-16(6-2)12-10-13(17-7-3)11(15)9-14(12)18-8-4/h9-10H,5-8,15H2,1-4H3. The van der Waals surface area contributed by atoms with Crippen LogP contribution >= 0.6 is 0 Å². The van der Waals surface area contributed by atoms with Gasteiger partial charge in [0, 0.05) is 25.2 Å². The Balaban J connectivity index is 3.20. The van der Waals surface area contributed by atoms with Crippen LogP contribution in [0.15, 0.2) is 12.1 Å². The van der Waals surface area contributed by atoms with Gasteiger partial charge in [0.1, 0.15) is 11.5 Å². The van der Waals surface area contributed by atoms with Gasteiger partial charge in [0.2, 0.25) is 0 Å². The van der Waals surface area contributed by atoms with Crippen LogP contribution in [0.4, 0.5) is 11.4 Å². The molecular formula is C14H24N2O2. The second-order valence-corrected chi connectivity index (χ2v) is 3.90. The normalized spacial score (nSPS) is 10.2. The van der Waals surface area contributed by atoms with E-state index in [2.05, 4.69) is 18.7 Å². The van der Waals surface area contributed by atoms with Gasteiger partial charge >= 0.3 is 0 Å². The van der Waals surface area contributed by atoms with E-state index in [-0.39, 0.29) is 0 Å². The summed E-state index contributed by atoms with van der Waals surface area (Å²) in [4.78, 5) is 2.23. The van der Waals surface area contributed by atoms with Crippen LogP contribution in [0.5, 0.6) is 11.5 Å². The number of nitrogen functional groups attached to an aromatic ring is 1. The van der Waals surface area contributed by atoms with Gasteiger partial charge in [-0.15, -0.1) is 0 Å². The lowest BCUT2D eigenvalue weighted by Crippen LogP contribution is -2.22. The maximum absolute atomic E-state index is 5.97. The highest BCUT2D eigenvalue weighted by Gasteiger charge is 2.14. The van der Waals surface area contributed by atoms with E-state index in [1.165, 1.54) is 0 Å². The molecule has 1 rings (SSSR count). The molecule has 0 aromatic heterocycles. The molecule has 0 amide bonds. The summed E-state index contributed by atoms with van der Waals surface area (Å²) in [6, 6.07) is 3.82. The molecule has 0 bridgehead atoms. The molecule has 0 saturated carbocycles. The average molecular weight is 252 g/mol. The summed E-state index contributed by atoms with van der Waals surface area (Å²) in [5.41, 5.74) is 7.63. The molecule has 0 heterocycles. The van der Waals surface area contributed by atoms with Crippen LogP contribution in [-0.4, -0.2) is 26.3 Å². The van der Waals surface area contributed by atoms with E-state index in [1.807, 2.05) is 26.0 Å². The monoisotopic (exact) mass is 252 g/mol. The van der Waals surface area contributed by atoms with Gasteiger partial charge in [-0.25, -0.2) is 0 Å².